The standard InChI is InChI=1S/C36H49.2C4H10O.Li/c1-21(2)29-17-31(23(5)6)35(32(18-29)24(7)8)27-14-13-15-28(16-27)36-33(25(9)10)19-30(22(3)4)20-34(36)26(11)12;2*1-3-5-4-2;/h13-15,17-26H,1-12H3;2*3-4H2,1-2H3;/q-1;;;+1. The summed E-state index contributed by atoms with van der Waals surface area (Å²) in [6, 6.07) is 20.6. The summed E-state index contributed by atoms with van der Waals surface area (Å²) in [7, 11) is 0. The van der Waals surface area contributed by atoms with Crippen LogP contribution in [0.4, 0.5) is 0 Å². The van der Waals surface area contributed by atoms with E-state index in [0.29, 0.717) is 35.5 Å². The number of ether oxygens (including phenoxy) is 2. The van der Waals surface area contributed by atoms with Crippen molar-refractivity contribution in [2.24, 2.45) is 0 Å². The molecule has 0 saturated carbocycles. The zero-order valence-electron chi connectivity index (χ0n) is 33.7. The first-order valence-corrected chi connectivity index (χ1v) is 18.2. The van der Waals surface area contributed by atoms with E-state index in [1.165, 1.54) is 55.6 Å². The second-order valence-corrected chi connectivity index (χ2v) is 14.1. The molecule has 3 heteroatoms. The Morgan fingerprint density at radius 2 is 0.702 bits per heavy atom. The molecule has 0 aliphatic carbocycles. The van der Waals surface area contributed by atoms with Crippen molar-refractivity contribution in [1.82, 2.24) is 0 Å². The van der Waals surface area contributed by atoms with Crippen molar-refractivity contribution < 1.29 is 28.3 Å². The van der Waals surface area contributed by atoms with Crippen LogP contribution in [-0.2, 0) is 9.47 Å². The van der Waals surface area contributed by atoms with Gasteiger partial charge in [0, 0.05) is 26.4 Å². The van der Waals surface area contributed by atoms with E-state index < -0.39 is 0 Å². The Balaban J connectivity index is 0.00000168. The maximum atomic E-state index is 4.83. The van der Waals surface area contributed by atoms with Gasteiger partial charge < -0.3 is 9.47 Å². The van der Waals surface area contributed by atoms with Crippen LogP contribution in [0.15, 0.2) is 42.5 Å². The van der Waals surface area contributed by atoms with E-state index in [1.54, 1.807) is 0 Å². The summed E-state index contributed by atoms with van der Waals surface area (Å²) in [5, 5.41) is 0. The second kappa shape index (κ2) is 22.7. The van der Waals surface area contributed by atoms with E-state index in [-0.39, 0.29) is 18.9 Å². The van der Waals surface area contributed by atoms with Crippen LogP contribution in [0.1, 0.15) is 180 Å². The number of hydrogen-bond donors (Lipinski definition) is 0. The van der Waals surface area contributed by atoms with Gasteiger partial charge in [0.1, 0.15) is 0 Å². The molecule has 0 spiro atoms. The van der Waals surface area contributed by atoms with Crippen LogP contribution in [-0.4, -0.2) is 26.4 Å². The molecule has 0 amide bonds. The van der Waals surface area contributed by atoms with Gasteiger partial charge in [-0.05, 0) is 74.3 Å². The topological polar surface area (TPSA) is 18.5 Å². The van der Waals surface area contributed by atoms with E-state index in [9.17, 15) is 0 Å². The quantitative estimate of drug-likeness (QED) is 0.145. The molecule has 0 aromatic heterocycles. The third-order valence-electron chi connectivity index (χ3n) is 8.42. The summed E-state index contributed by atoms with van der Waals surface area (Å²) < 4.78 is 9.67. The molecule has 0 unspecified atom stereocenters. The van der Waals surface area contributed by atoms with Crippen molar-refractivity contribution in [2.75, 3.05) is 26.4 Å². The number of rotatable bonds is 12. The second-order valence-electron chi connectivity index (χ2n) is 14.1. The summed E-state index contributed by atoms with van der Waals surface area (Å²) in [5.74, 6) is 2.86. The smallest absolute Gasteiger partial charge is 0.382 e. The van der Waals surface area contributed by atoms with Gasteiger partial charge in [0.25, 0.3) is 0 Å². The zero-order chi connectivity index (χ0) is 35.1. The maximum Gasteiger partial charge on any atom is 1.00 e. The fourth-order valence-corrected chi connectivity index (χ4v) is 5.70. The fourth-order valence-electron chi connectivity index (χ4n) is 5.70. The molecule has 0 N–H and O–H groups in total. The van der Waals surface area contributed by atoms with E-state index in [2.05, 4.69) is 132 Å². The molecule has 0 saturated heterocycles. The summed E-state index contributed by atoms with van der Waals surface area (Å²) in [5.41, 5.74) is 13.9. The first-order valence-electron chi connectivity index (χ1n) is 18.2. The third kappa shape index (κ3) is 13.5. The average Bonchev–Trinajstić information content (AvgIpc) is 3.00. The number of hydrogen-bond acceptors (Lipinski definition) is 2. The Bertz CT molecular complexity index is 1140. The summed E-state index contributed by atoms with van der Waals surface area (Å²) in [6.45, 7) is 39.2. The van der Waals surface area contributed by atoms with Crippen LogP contribution in [0.2, 0.25) is 0 Å². The minimum atomic E-state index is 0. The van der Waals surface area contributed by atoms with Crippen molar-refractivity contribution in [2.45, 2.75) is 146 Å². The Labute approximate surface area is 304 Å². The SMILES string of the molecule is CC(C)c1cc(C(C)C)c(-c2[c-]c(-c3c(C(C)C)cc(C(C)C)cc3C(C)C)ccc2)c(C(C)C)c1.CCOCC.CCOCC.[Li+]. The predicted molar refractivity (Wildman–Crippen MR) is 205 cm³/mol. The van der Waals surface area contributed by atoms with Crippen LogP contribution < -0.4 is 18.9 Å². The molecule has 0 aliphatic heterocycles. The average molecular weight is 637 g/mol. The molecule has 0 bridgehead atoms. The van der Waals surface area contributed by atoms with Crippen molar-refractivity contribution in [1.29, 1.82) is 0 Å². The van der Waals surface area contributed by atoms with Gasteiger partial charge in [-0.2, -0.15) is 0 Å². The number of benzene rings is 3. The van der Waals surface area contributed by atoms with Crippen molar-refractivity contribution in [3.05, 3.63) is 81.9 Å². The molecule has 2 nitrogen and oxygen atoms in total. The molecule has 0 atom stereocenters. The van der Waals surface area contributed by atoms with Gasteiger partial charge in [0.05, 0.1) is 0 Å². The molecule has 0 radical (unpaired) electrons. The molecule has 47 heavy (non-hydrogen) atoms. The Morgan fingerprint density at radius 1 is 0.447 bits per heavy atom. The van der Waals surface area contributed by atoms with Crippen LogP contribution in [0.25, 0.3) is 22.3 Å². The summed E-state index contributed by atoms with van der Waals surface area (Å²) in [4.78, 5) is 0. The van der Waals surface area contributed by atoms with Gasteiger partial charge in [-0.15, -0.1) is 35.4 Å². The minimum Gasteiger partial charge on any atom is -0.382 e. The summed E-state index contributed by atoms with van der Waals surface area (Å²) >= 11 is 0. The van der Waals surface area contributed by atoms with Crippen LogP contribution >= 0.6 is 0 Å². The van der Waals surface area contributed by atoms with E-state index in [4.69, 9.17) is 9.47 Å². The molecule has 0 heterocycles. The van der Waals surface area contributed by atoms with Crippen LogP contribution in [0.3, 0.4) is 0 Å². The third-order valence-corrected chi connectivity index (χ3v) is 8.42. The molecule has 3 aromatic rings. The summed E-state index contributed by atoms with van der Waals surface area (Å²) in [6.07, 6.45) is 0. The Kier molecular flexibility index (Phi) is 21.9. The first-order chi connectivity index (χ1) is 21.7. The Morgan fingerprint density at radius 3 is 0.872 bits per heavy atom. The predicted octanol–water partition coefficient (Wildman–Crippen LogP) is 10.7. The van der Waals surface area contributed by atoms with Crippen molar-refractivity contribution in [3.8, 4) is 22.3 Å². The molecular formula is C44H69LiO2. The van der Waals surface area contributed by atoms with Gasteiger partial charge in [0.15, 0.2) is 0 Å². The van der Waals surface area contributed by atoms with Crippen LogP contribution in [0.5, 0.6) is 0 Å². The van der Waals surface area contributed by atoms with Gasteiger partial charge in [-0.3, -0.25) is 0 Å². The van der Waals surface area contributed by atoms with E-state index in [0.717, 1.165) is 26.4 Å². The van der Waals surface area contributed by atoms with Crippen molar-refractivity contribution >= 4 is 0 Å². The monoisotopic (exact) mass is 637 g/mol. The molecule has 3 rings (SSSR count). The molecule has 0 fully saturated rings. The van der Waals surface area contributed by atoms with Gasteiger partial charge in [0.2, 0.25) is 0 Å². The normalized spacial score (nSPS) is 11.2. The molecular weight excluding hydrogens is 567 g/mol. The molecule has 0 aliphatic rings. The minimum absolute atomic E-state index is 0. The van der Waals surface area contributed by atoms with Crippen LogP contribution in [0, 0.1) is 6.07 Å². The fraction of sp³-hybridized carbons (Fsp3) is 0.591. The zero-order valence-corrected chi connectivity index (χ0v) is 33.7. The van der Waals surface area contributed by atoms with Gasteiger partial charge >= 0.3 is 18.9 Å². The largest absolute Gasteiger partial charge is 1.00 e. The first kappa shape index (κ1) is 45.2. The van der Waals surface area contributed by atoms with Crippen molar-refractivity contribution in [3.63, 3.8) is 0 Å². The molecule has 258 valence electrons. The molecule has 3 aromatic carbocycles. The van der Waals surface area contributed by atoms with E-state index in [1.807, 2.05) is 27.7 Å². The van der Waals surface area contributed by atoms with Gasteiger partial charge in [-0.1, -0.05) is 141 Å². The van der Waals surface area contributed by atoms with Gasteiger partial charge in [-0.25, -0.2) is 0 Å². The van der Waals surface area contributed by atoms with E-state index >= 15 is 0 Å². The Hall–Kier alpha value is -1.82. The maximum absolute atomic E-state index is 4.83.